The Kier molecular flexibility index (Phi) is 4.42. The van der Waals surface area contributed by atoms with Crippen LogP contribution in [0.4, 0.5) is 0 Å². The molecule has 0 fully saturated rings. The van der Waals surface area contributed by atoms with E-state index in [1.807, 2.05) is 13.1 Å². The fourth-order valence-corrected chi connectivity index (χ4v) is 2.55. The highest BCUT2D eigenvalue weighted by atomic mass is 16.1. The summed E-state index contributed by atoms with van der Waals surface area (Å²) >= 11 is 0. The van der Waals surface area contributed by atoms with Gasteiger partial charge in [0, 0.05) is 51.0 Å². The lowest BCUT2D eigenvalue weighted by Gasteiger charge is -2.09. The molecule has 124 valence electrons. The Morgan fingerprint density at radius 2 is 2.29 bits per heavy atom. The highest BCUT2D eigenvalue weighted by Crippen LogP contribution is 2.37. The summed E-state index contributed by atoms with van der Waals surface area (Å²) in [5.74, 6) is 2.54. The predicted molar refractivity (Wildman–Crippen MR) is 87.5 cm³/mol. The first-order valence-electron chi connectivity index (χ1n) is 7.78. The maximum Gasteiger partial charge on any atom is 0.220 e. The van der Waals surface area contributed by atoms with E-state index in [1.165, 1.54) is 0 Å². The van der Waals surface area contributed by atoms with Gasteiger partial charge in [-0.3, -0.25) is 14.6 Å². The van der Waals surface area contributed by atoms with E-state index in [0.29, 0.717) is 32.2 Å². The molecule has 8 heteroatoms. The average molecular weight is 325 g/mol. The molecular weight excluding hydrogens is 306 g/mol. The third-order valence-corrected chi connectivity index (χ3v) is 4.08. The zero-order valence-corrected chi connectivity index (χ0v) is 13.5. The highest BCUT2D eigenvalue weighted by Gasteiger charge is 2.39. The van der Waals surface area contributed by atoms with Gasteiger partial charge < -0.3 is 5.32 Å². The summed E-state index contributed by atoms with van der Waals surface area (Å²) in [6.07, 6.45) is 11.0. The molecule has 1 aliphatic rings. The third kappa shape index (κ3) is 3.51. The van der Waals surface area contributed by atoms with E-state index < -0.39 is 5.66 Å². The predicted octanol–water partition coefficient (Wildman–Crippen LogP) is 1.78. The molecule has 1 amide bonds. The SMILES string of the molecule is C#CCCC1(CCC(=O)NCc2cn[nH]c2-c2ccnn2C)N=N1. The molecule has 1 aliphatic heterocycles. The molecule has 0 radical (unpaired) electrons. The van der Waals surface area contributed by atoms with Crippen molar-refractivity contribution in [1.29, 1.82) is 0 Å². The fourth-order valence-electron chi connectivity index (χ4n) is 2.55. The molecule has 0 bridgehead atoms. The molecule has 0 spiro atoms. The molecule has 0 aliphatic carbocycles. The Labute approximate surface area is 139 Å². The van der Waals surface area contributed by atoms with Crippen LogP contribution < -0.4 is 5.32 Å². The van der Waals surface area contributed by atoms with Gasteiger partial charge in [0.1, 0.15) is 0 Å². The van der Waals surface area contributed by atoms with Crippen molar-refractivity contribution >= 4 is 5.91 Å². The number of hydrogen-bond donors (Lipinski definition) is 2. The van der Waals surface area contributed by atoms with Gasteiger partial charge in [0.2, 0.25) is 5.91 Å². The lowest BCUT2D eigenvalue weighted by Crippen LogP contribution is -2.25. The van der Waals surface area contributed by atoms with Crippen molar-refractivity contribution in [2.75, 3.05) is 0 Å². The van der Waals surface area contributed by atoms with Gasteiger partial charge in [0.15, 0.2) is 5.66 Å². The molecule has 2 aromatic rings. The van der Waals surface area contributed by atoms with Crippen molar-refractivity contribution in [1.82, 2.24) is 25.3 Å². The molecule has 0 aromatic carbocycles. The van der Waals surface area contributed by atoms with Crippen LogP contribution in [0, 0.1) is 12.3 Å². The third-order valence-electron chi connectivity index (χ3n) is 4.08. The van der Waals surface area contributed by atoms with Crippen LogP contribution in [0.3, 0.4) is 0 Å². The molecule has 0 saturated carbocycles. The van der Waals surface area contributed by atoms with E-state index in [1.54, 1.807) is 17.1 Å². The summed E-state index contributed by atoms with van der Waals surface area (Å²) in [6, 6.07) is 1.89. The van der Waals surface area contributed by atoms with Crippen molar-refractivity contribution in [3.05, 3.63) is 24.0 Å². The second-order valence-corrected chi connectivity index (χ2v) is 5.77. The van der Waals surface area contributed by atoms with Gasteiger partial charge >= 0.3 is 0 Å². The zero-order chi connectivity index (χ0) is 17.0. The largest absolute Gasteiger partial charge is 0.352 e. The number of carbonyl (C=O) groups is 1. The number of nitrogens with zero attached hydrogens (tertiary/aromatic N) is 5. The van der Waals surface area contributed by atoms with Gasteiger partial charge in [0.05, 0.1) is 17.6 Å². The molecule has 8 nitrogen and oxygen atoms in total. The maximum atomic E-state index is 12.1. The Morgan fingerprint density at radius 3 is 2.96 bits per heavy atom. The molecule has 3 rings (SSSR count). The number of aryl methyl sites for hydroxylation is 1. The van der Waals surface area contributed by atoms with Crippen LogP contribution in [-0.2, 0) is 18.4 Å². The molecule has 2 N–H and O–H groups in total. The first-order valence-corrected chi connectivity index (χ1v) is 7.78. The van der Waals surface area contributed by atoms with E-state index >= 15 is 0 Å². The van der Waals surface area contributed by atoms with Crippen LogP contribution in [0.15, 0.2) is 28.7 Å². The molecular formula is C16H19N7O. The normalized spacial score (nSPS) is 14.3. The van der Waals surface area contributed by atoms with Crippen LogP contribution in [-0.4, -0.2) is 31.5 Å². The van der Waals surface area contributed by atoms with Gasteiger partial charge in [-0.1, -0.05) is 0 Å². The summed E-state index contributed by atoms with van der Waals surface area (Å²) in [4.78, 5) is 12.1. The number of aromatic amines is 1. The van der Waals surface area contributed by atoms with E-state index in [2.05, 4.69) is 36.8 Å². The van der Waals surface area contributed by atoms with Crippen molar-refractivity contribution in [3.8, 4) is 23.7 Å². The van der Waals surface area contributed by atoms with Crippen molar-refractivity contribution in [2.24, 2.45) is 17.3 Å². The number of aromatic nitrogens is 4. The standard InChI is InChI=1S/C16H19N7O/c1-3-4-7-16(21-22-16)8-5-14(24)17-10-12-11-18-20-15(12)13-6-9-19-23(13)2/h1,6,9,11H,4-5,7-8,10H2,2H3,(H,17,24)(H,18,20). The average Bonchev–Trinajstić information content (AvgIpc) is 2.98. The minimum Gasteiger partial charge on any atom is -0.352 e. The van der Waals surface area contributed by atoms with E-state index in [9.17, 15) is 4.79 Å². The molecule has 2 aromatic heterocycles. The fraction of sp³-hybridized carbons (Fsp3) is 0.438. The number of amides is 1. The number of nitrogens with one attached hydrogen (secondary N) is 2. The highest BCUT2D eigenvalue weighted by molar-refractivity contribution is 5.76. The minimum atomic E-state index is -0.417. The maximum absolute atomic E-state index is 12.1. The summed E-state index contributed by atoms with van der Waals surface area (Å²) in [7, 11) is 1.86. The first kappa shape index (κ1) is 15.9. The quantitative estimate of drug-likeness (QED) is 0.723. The van der Waals surface area contributed by atoms with Crippen LogP contribution in [0.5, 0.6) is 0 Å². The van der Waals surface area contributed by atoms with Crippen molar-refractivity contribution in [3.63, 3.8) is 0 Å². The molecule has 24 heavy (non-hydrogen) atoms. The lowest BCUT2D eigenvalue weighted by molar-refractivity contribution is -0.121. The van der Waals surface area contributed by atoms with Crippen LogP contribution >= 0.6 is 0 Å². The first-order chi connectivity index (χ1) is 11.6. The van der Waals surface area contributed by atoms with E-state index in [0.717, 1.165) is 17.0 Å². The topological polar surface area (TPSA) is 100 Å². The minimum absolute atomic E-state index is 0.0375. The second kappa shape index (κ2) is 6.66. The number of carbonyl (C=O) groups excluding carboxylic acids is 1. The monoisotopic (exact) mass is 325 g/mol. The summed E-state index contributed by atoms with van der Waals surface area (Å²) in [5, 5.41) is 22.1. The number of hydrogen-bond acceptors (Lipinski definition) is 5. The Bertz CT molecular complexity index is 789. The molecule has 0 unspecified atom stereocenters. The number of H-pyrrole nitrogens is 1. The summed E-state index contributed by atoms with van der Waals surface area (Å²) < 4.78 is 1.75. The Balaban J connectivity index is 1.50. The van der Waals surface area contributed by atoms with Gasteiger partial charge in [-0.2, -0.15) is 20.4 Å². The second-order valence-electron chi connectivity index (χ2n) is 5.77. The summed E-state index contributed by atoms with van der Waals surface area (Å²) in [6.45, 7) is 0.404. The van der Waals surface area contributed by atoms with Crippen LogP contribution in [0.1, 0.15) is 31.2 Å². The number of rotatable bonds is 8. The van der Waals surface area contributed by atoms with Crippen molar-refractivity contribution < 1.29 is 4.79 Å². The van der Waals surface area contributed by atoms with Crippen LogP contribution in [0.2, 0.25) is 0 Å². The smallest absolute Gasteiger partial charge is 0.220 e. The van der Waals surface area contributed by atoms with Gasteiger partial charge in [-0.15, -0.1) is 12.3 Å². The van der Waals surface area contributed by atoms with E-state index in [4.69, 9.17) is 6.42 Å². The van der Waals surface area contributed by atoms with Gasteiger partial charge in [0.25, 0.3) is 0 Å². The van der Waals surface area contributed by atoms with Gasteiger partial charge in [-0.05, 0) is 6.07 Å². The van der Waals surface area contributed by atoms with Crippen LogP contribution in [0.25, 0.3) is 11.4 Å². The molecule has 0 atom stereocenters. The van der Waals surface area contributed by atoms with Gasteiger partial charge in [-0.25, -0.2) is 0 Å². The Hall–Kier alpha value is -2.95. The lowest BCUT2D eigenvalue weighted by atomic mass is 10.0. The molecule has 3 heterocycles. The summed E-state index contributed by atoms with van der Waals surface area (Å²) in [5.41, 5.74) is 2.27. The zero-order valence-electron chi connectivity index (χ0n) is 13.5. The van der Waals surface area contributed by atoms with E-state index in [-0.39, 0.29) is 5.91 Å². The van der Waals surface area contributed by atoms with Crippen molar-refractivity contribution in [2.45, 2.75) is 37.9 Å². The molecule has 0 saturated heterocycles. The number of terminal acetylenes is 1. The Morgan fingerprint density at radius 1 is 1.46 bits per heavy atom.